The lowest BCUT2D eigenvalue weighted by molar-refractivity contribution is -0.133. The third kappa shape index (κ3) is 3.03. The van der Waals surface area contributed by atoms with Crippen LogP contribution in [0.25, 0.3) is 11.0 Å². The second-order valence-corrected chi connectivity index (χ2v) is 6.03. The molecular weight excluding hydrogens is 342 g/mol. The van der Waals surface area contributed by atoms with Crippen molar-refractivity contribution in [3.05, 3.63) is 34.8 Å². The number of thioether (sulfide) groups is 1. The second kappa shape index (κ2) is 6.11. The minimum atomic E-state index is -0.910. The molecule has 1 N–H and O–H groups in total. The summed E-state index contributed by atoms with van der Waals surface area (Å²) in [5.74, 6) is -0.994. The van der Waals surface area contributed by atoms with E-state index in [2.05, 4.69) is 33.6 Å². The van der Waals surface area contributed by atoms with Gasteiger partial charge in [0.25, 0.3) is 0 Å². The van der Waals surface area contributed by atoms with Gasteiger partial charge in [-0.1, -0.05) is 40.3 Å². The number of rotatable bonds is 5. The lowest BCUT2D eigenvalue weighted by Gasteiger charge is -2.06. The Hall–Kier alpha value is -1.78. The van der Waals surface area contributed by atoms with Gasteiger partial charge in [-0.3, -0.25) is 4.79 Å². The average molecular weight is 352 g/mol. The molecule has 0 aliphatic rings. The molecule has 5 nitrogen and oxygen atoms in total. The number of aliphatic carboxylic acids is 1. The molecule has 0 amide bonds. The van der Waals surface area contributed by atoms with Crippen LogP contribution in [0.4, 0.5) is 0 Å². The van der Waals surface area contributed by atoms with Crippen LogP contribution in [0.2, 0.25) is 0 Å². The highest BCUT2D eigenvalue weighted by atomic mass is 79.9. The Labute approximate surface area is 128 Å². The van der Waals surface area contributed by atoms with E-state index in [0.717, 1.165) is 21.8 Å². The molecule has 2 rings (SSSR count). The Morgan fingerprint density at radius 1 is 1.60 bits per heavy atom. The fraction of sp³-hybridized carbons (Fsp3) is 0.154. The van der Waals surface area contributed by atoms with E-state index in [1.54, 1.807) is 12.1 Å². The third-order valence-electron chi connectivity index (χ3n) is 2.52. The molecule has 0 unspecified atom stereocenters. The number of imidazole rings is 1. The first kappa shape index (κ1) is 14.6. The van der Waals surface area contributed by atoms with Crippen LogP contribution < -0.4 is 0 Å². The number of carboxylic acids is 1. The van der Waals surface area contributed by atoms with Crippen LogP contribution in [0, 0.1) is 11.3 Å². The summed E-state index contributed by atoms with van der Waals surface area (Å²) in [6.45, 7) is 4.26. The van der Waals surface area contributed by atoms with Gasteiger partial charge in [0.15, 0.2) is 5.16 Å². The van der Waals surface area contributed by atoms with Crippen molar-refractivity contribution in [3.8, 4) is 6.07 Å². The summed E-state index contributed by atoms with van der Waals surface area (Å²) in [5, 5.41) is 18.5. The molecule has 0 radical (unpaired) electrons. The Morgan fingerprint density at radius 2 is 2.35 bits per heavy atom. The molecule has 102 valence electrons. The number of carbonyl (C=O) groups is 1. The summed E-state index contributed by atoms with van der Waals surface area (Å²) >= 11 is 4.42. The van der Waals surface area contributed by atoms with Crippen LogP contribution >= 0.6 is 27.7 Å². The molecule has 0 spiro atoms. The number of benzene rings is 1. The fourth-order valence-corrected chi connectivity index (χ4v) is 2.75. The summed E-state index contributed by atoms with van der Waals surface area (Å²) in [5.41, 5.74) is 1.84. The number of hydrogen-bond donors (Lipinski definition) is 1. The second-order valence-electron chi connectivity index (χ2n) is 3.97. The highest BCUT2D eigenvalue weighted by Crippen LogP contribution is 2.27. The minimum absolute atomic E-state index is 0.0834. The maximum absolute atomic E-state index is 10.7. The predicted molar refractivity (Wildman–Crippen MR) is 80.9 cm³/mol. The predicted octanol–water partition coefficient (Wildman–Crippen LogP) is 2.99. The molecule has 0 saturated heterocycles. The smallest absolute Gasteiger partial charge is 0.313 e. The van der Waals surface area contributed by atoms with Crippen LogP contribution in [0.5, 0.6) is 0 Å². The number of carboxylic acid groups (broad SMARTS) is 1. The molecule has 0 bridgehead atoms. The Morgan fingerprint density at radius 3 is 2.95 bits per heavy atom. The molecule has 20 heavy (non-hydrogen) atoms. The van der Waals surface area contributed by atoms with E-state index in [1.807, 2.05) is 10.6 Å². The first-order chi connectivity index (χ1) is 9.52. The van der Waals surface area contributed by atoms with Gasteiger partial charge < -0.3 is 9.67 Å². The molecule has 1 aromatic heterocycles. The molecule has 0 saturated carbocycles. The average Bonchev–Trinajstić information content (AvgIpc) is 2.74. The van der Waals surface area contributed by atoms with Crippen molar-refractivity contribution >= 4 is 44.7 Å². The number of allylic oxidation sites excluding steroid dienone is 1. The zero-order chi connectivity index (χ0) is 14.7. The van der Waals surface area contributed by atoms with Gasteiger partial charge in [-0.05, 0) is 12.1 Å². The number of para-hydroxylation sites is 1. The minimum Gasteiger partial charge on any atom is -0.481 e. The lowest BCUT2D eigenvalue weighted by Crippen LogP contribution is -2.03. The Balaban J connectivity index is 2.56. The zero-order valence-corrected chi connectivity index (χ0v) is 12.7. The van der Waals surface area contributed by atoms with E-state index in [-0.39, 0.29) is 5.75 Å². The number of nitriles is 1. The van der Waals surface area contributed by atoms with Gasteiger partial charge >= 0.3 is 5.97 Å². The first-order valence-electron chi connectivity index (χ1n) is 5.60. The highest BCUT2D eigenvalue weighted by molar-refractivity contribution is 9.11. The quantitative estimate of drug-likeness (QED) is 0.837. The van der Waals surface area contributed by atoms with E-state index in [4.69, 9.17) is 10.4 Å². The van der Waals surface area contributed by atoms with Crippen molar-refractivity contribution in [1.82, 2.24) is 9.55 Å². The van der Waals surface area contributed by atoms with Crippen molar-refractivity contribution in [2.24, 2.45) is 0 Å². The fourth-order valence-electron chi connectivity index (χ4n) is 1.78. The van der Waals surface area contributed by atoms with E-state index < -0.39 is 5.97 Å². The molecule has 7 heteroatoms. The summed E-state index contributed by atoms with van der Waals surface area (Å²) < 4.78 is 2.59. The number of aromatic nitrogens is 2. The number of hydrogen-bond acceptors (Lipinski definition) is 4. The topological polar surface area (TPSA) is 78.9 Å². The van der Waals surface area contributed by atoms with Gasteiger partial charge in [0.1, 0.15) is 11.6 Å². The van der Waals surface area contributed by atoms with Gasteiger partial charge in [0.05, 0.1) is 23.4 Å². The summed E-state index contributed by atoms with van der Waals surface area (Å²) in [6.07, 6.45) is 0. The molecule has 0 fully saturated rings. The first-order valence-corrected chi connectivity index (χ1v) is 7.38. The van der Waals surface area contributed by atoms with Crippen LogP contribution in [0.3, 0.4) is 0 Å². The van der Waals surface area contributed by atoms with E-state index in [0.29, 0.717) is 22.8 Å². The number of fused-ring (bicyclic) bond motifs is 1. The molecule has 0 aliphatic heterocycles. The molecule has 1 heterocycles. The van der Waals surface area contributed by atoms with Crippen LogP contribution in [0.1, 0.15) is 5.56 Å². The van der Waals surface area contributed by atoms with E-state index in [9.17, 15) is 4.79 Å². The van der Waals surface area contributed by atoms with Crippen molar-refractivity contribution in [3.63, 3.8) is 0 Å². The standard InChI is InChI=1S/C13H10BrN3O2S/c1-8(14)6-17-10-4-2-3-9(5-15)12(10)16-13(17)20-7-11(18)19/h2-4H,1,6-7H2,(H,18,19). The Kier molecular flexibility index (Phi) is 4.47. The summed E-state index contributed by atoms with van der Waals surface area (Å²) in [6, 6.07) is 7.41. The number of nitrogens with zero attached hydrogens (tertiary/aromatic N) is 3. The molecule has 1 aromatic carbocycles. The SMILES string of the molecule is C=C(Br)Cn1c(SCC(=O)O)nc2c(C#N)cccc21. The monoisotopic (exact) mass is 351 g/mol. The van der Waals surface area contributed by atoms with Crippen molar-refractivity contribution in [1.29, 1.82) is 5.26 Å². The van der Waals surface area contributed by atoms with Gasteiger partial charge in [0.2, 0.25) is 0 Å². The van der Waals surface area contributed by atoms with Crippen molar-refractivity contribution in [2.45, 2.75) is 11.7 Å². The van der Waals surface area contributed by atoms with Crippen LogP contribution in [-0.2, 0) is 11.3 Å². The van der Waals surface area contributed by atoms with Gasteiger partial charge in [0, 0.05) is 4.48 Å². The lowest BCUT2D eigenvalue weighted by atomic mass is 10.2. The normalized spacial score (nSPS) is 10.4. The zero-order valence-electron chi connectivity index (χ0n) is 10.3. The number of halogens is 1. The van der Waals surface area contributed by atoms with Crippen molar-refractivity contribution in [2.75, 3.05) is 5.75 Å². The maximum atomic E-state index is 10.7. The van der Waals surface area contributed by atoms with E-state index in [1.165, 1.54) is 0 Å². The molecule has 0 atom stereocenters. The third-order valence-corrected chi connectivity index (χ3v) is 3.73. The van der Waals surface area contributed by atoms with Gasteiger partial charge in [-0.2, -0.15) is 5.26 Å². The van der Waals surface area contributed by atoms with Crippen molar-refractivity contribution < 1.29 is 9.90 Å². The maximum Gasteiger partial charge on any atom is 0.313 e. The summed E-state index contributed by atoms with van der Waals surface area (Å²) in [7, 11) is 0. The van der Waals surface area contributed by atoms with Crippen LogP contribution in [-0.4, -0.2) is 26.4 Å². The van der Waals surface area contributed by atoms with Gasteiger partial charge in [-0.15, -0.1) is 0 Å². The summed E-state index contributed by atoms with van der Waals surface area (Å²) in [4.78, 5) is 15.1. The molecule has 2 aromatic rings. The highest BCUT2D eigenvalue weighted by Gasteiger charge is 2.15. The van der Waals surface area contributed by atoms with E-state index >= 15 is 0 Å². The van der Waals surface area contributed by atoms with Gasteiger partial charge in [-0.25, -0.2) is 4.98 Å². The molecular formula is C13H10BrN3O2S. The molecule has 0 aliphatic carbocycles. The largest absolute Gasteiger partial charge is 0.481 e. The Bertz CT molecular complexity index is 733. The van der Waals surface area contributed by atoms with Crippen LogP contribution in [0.15, 0.2) is 34.4 Å².